The first-order valence-corrected chi connectivity index (χ1v) is 7.45. The van der Waals surface area contributed by atoms with Crippen LogP contribution in [0.4, 0.5) is 5.69 Å². The van der Waals surface area contributed by atoms with Gasteiger partial charge in [-0.3, -0.25) is 0 Å². The molecule has 0 radical (unpaired) electrons. The Morgan fingerprint density at radius 2 is 1.86 bits per heavy atom. The zero-order chi connectivity index (χ0) is 15.9. The first kappa shape index (κ1) is 16.1. The fraction of sp³-hybridized carbons (Fsp3) is 0.167. The van der Waals surface area contributed by atoms with Gasteiger partial charge in [0, 0.05) is 0 Å². The van der Waals surface area contributed by atoms with E-state index in [9.17, 15) is 4.79 Å². The van der Waals surface area contributed by atoms with Gasteiger partial charge in [-0.2, -0.15) is 0 Å². The number of carbonyl (C=O) groups is 1. The van der Waals surface area contributed by atoms with Crippen molar-refractivity contribution in [3.63, 3.8) is 0 Å². The molecule has 0 fully saturated rings. The monoisotopic (exact) mass is 315 g/mol. The second-order valence-corrected chi connectivity index (χ2v) is 5.15. The lowest BCUT2D eigenvalue weighted by atomic mass is 10.1. The van der Waals surface area contributed by atoms with Crippen LogP contribution in [-0.4, -0.2) is 12.6 Å². The standard InChI is InChI=1S/C18H18ClNO2/c1-3-22-18(21)17(12-14-9-5-4-8-13(14)2)20-16-11-7-6-10-15(16)19/h4-12,20H,3H2,1-2H3/b17-12-. The minimum absolute atomic E-state index is 0.314. The van der Waals surface area contributed by atoms with E-state index in [0.29, 0.717) is 23.0 Å². The van der Waals surface area contributed by atoms with E-state index in [1.165, 1.54) is 0 Å². The van der Waals surface area contributed by atoms with Gasteiger partial charge < -0.3 is 10.1 Å². The molecule has 2 aromatic rings. The Bertz CT molecular complexity index is 695. The number of halogens is 1. The van der Waals surface area contributed by atoms with Crippen molar-refractivity contribution in [3.05, 3.63) is 70.4 Å². The largest absolute Gasteiger partial charge is 0.461 e. The van der Waals surface area contributed by atoms with Gasteiger partial charge in [-0.1, -0.05) is 48.0 Å². The Hall–Kier alpha value is -2.26. The molecule has 22 heavy (non-hydrogen) atoms. The molecule has 2 rings (SSSR count). The van der Waals surface area contributed by atoms with Crippen LogP contribution in [0.25, 0.3) is 6.08 Å². The molecule has 0 aliphatic carbocycles. The molecule has 0 saturated carbocycles. The molecular formula is C18H18ClNO2. The van der Waals surface area contributed by atoms with E-state index in [2.05, 4.69) is 5.32 Å². The highest BCUT2D eigenvalue weighted by Gasteiger charge is 2.13. The van der Waals surface area contributed by atoms with E-state index < -0.39 is 5.97 Å². The van der Waals surface area contributed by atoms with Crippen molar-refractivity contribution in [1.29, 1.82) is 0 Å². The average molecular weight is 316 g/mol. The number of esters is 1. The first-order valence-electron chi connectivity index (χ1n) is 7.08. The minimum Gasteiger partial charge on any atom is -0.461 e. The highest BCUT2D eigenvalue weighted by atomic mass is 35.5. The van der Waals surface area contributed by atoms with Crippen LogP contribution in [0.15, 0.2) is 54.2 Å². The number of ether oxygens (including phenoxy) is 1. The Morgan fingerprint density at radius 1 is 1.18 bits per heavy atom. The third kappa shape index (κ3) is 4.12. The summed E-state index contributed by atoms with van der Waals surface area (Å²) < 4.78 is 5.12. The number of hydrogen-bond donors (Lipinski definition) is 1. The number of rotatable bonds is 5. The van der Waals surface area contributed by atoms with Crippen LogP contribution < -0.4 is 5.32 Å². The summed E-state index contributed by atoms with van der Waals surface area (Å²) in [5, 5.41) is 3.61. The summed E-state index contributed by atoms with van der Waals surface area (Å²) in [4.78, 5) is 12.2. The van der Waals surface area contributed by atoms with E-state index in [1.807, 2.05) is 49.4 Å². The van der Waals surface area contributed by atoms with Gasteiger partial charge in [0.05, 0.1) is 17.3 Å². The van der Waals surface area contributed by atoms with Crippen LogP contribution in [0, 0.1) is 6.92 Å². The molecule has 1 N–H and O–H groups in total. The summed E-state index contributed by atoms with van der Waals surface area (Å²) in [7, 11) is 0. The van der Waals surface area contributed by atoms with Gasteiger partial charge in [0.1, 0.15) is 5.70 Å². The smallest absolute Gasteiger partial charge is 0.354 e. The highest BCUT2D eigenvalue weighted by molar-refractivity contribution is 6.33. The first-order chi connectivity index (χ1) is 10.6. The van der Waals surface area contributed by atoms with Gasteiger partial charge in [0.25, 0.3) is 0 Å². The molecule has 0 aromatic heterocycles. The lowest BCUT2D eigenvalue weighted by Crippen LogP contribution is -2.15. The third-order valence-electron chi connectivity index (χ3n) is 3.13. The summed E-state index contributed by atoms with van der Waals surface area (Å²) in [6.45, 7) is 4.08. The van der Waals surface area contributed by atoms with Crippen molar-refractivity contribution < 1.29 is 9.53 Å². The number of para-hydroxylation sites is 1. The Morgan fingerprint density at radius 3 is 2.55 bits per heavy atom. The van der Waals surface area contributed by atoms with Crippen molar-refractivity contribution >= 4 is 29.3 Å². The van der Waals surface area contributed by atoms with Crippen molar-refractivity contribution in [2.75, 3.05) is 11.9 Å². The van der Waals surface area contributed by atoms with Crippen LogP contribution >= 0.6 is 11.6 Å². The van der Waals surface area contributed by atoms with Gasteiger partial charge in [0.15, 0.2) is 0 Å². The maximum Gasteiger partial charge on any atom is 0.354 e. The van der Waals surface area contributed by atoms with Crippen molar-refractivity contribution in [2.24, 2.45) is 0 Å². The number of nitrogens with one attached hydrogen (secondary N) is 1. The molecule has 2 aromatic carbocycles. The molecule has 0 saturated heterocycles. The zero-order valence-corrected chi connectivity index (χ0v) is 13.4. The number of hydrogen-bond acceptors (Lipinski definition) is 3. The van der Waals surface area contributed by atoms with Gasteiger partial charge in [-0.25, -0.2) is 4.79 Å². The van der Waals surface area contributed by atoms with Crippen LogP contribution in [0.3, 0.4) is 0 Å². The van der Waals surface area contributed by atoms with E-state index >= 15 is 0 Å². The van der Waals surface area contributed by atoms with E-state index in [4.69, 9.17) is 16.3 Å². The predicted molar refractivity (Wildman–Crippen MR) is 90.9 cm³/mol. The maximum atomic E-state index is 12.2. The van der Waals surface area contributed by atoms with Crippen molar-refractivity contribution in [3.8, 4) is 0 Å². The van der Waals surface area contributed by atoms with Crippen LogP contribution in [-0.2, 0) is 9.53 Å². The fourth-order valence-electron chi connectivity index (χ4n) is 1.97. The molecule has 3 nitrogen and oxygen atoms in total. The molecule has 0 unspecified atom stereocenters. The summed E-state index contributed by atoms with van der Waals surface area (Å²) in [6.07, 6.45) is 1.77. The Kier molecular flexibility index (Phi) is 5.61. The van der Waals surface area contributed by atoms with Crippen molar-refractivity contribution in [2.45, 2.75) is 13.8 Å². The molecule has 4 heteroatoms. The third-order valence-corrected chi connectivity index (χ3v) is 3.46. The predicted octanol–water partition coefficient (Wildman–Crippen LogP) is 4.66. The molecule has 114 valence electrons. The second kappa shape index (κ2) is 7.66. The summed E-state index contributed by atoms with van der Waals surface area (Å²) in [6, 6.07) is 15.1. The second-order valence-electron chi connectivity index (χ2n) is 4.74. The number of benzene rings is 2. The molecule has 0 amide bonds. The van der Waals surface area contributed by atoms with Crippen molar-refractivity contribution in [1.82, 2.24) is 0 Å². The molecule has 0 spiro atoms. The molecule has 0 aliphatic heterocycles. The summed E-state index contributed by atoms with van der Waals surface area (Å²) in [5.74, 6) is -0.411. The van der Waals surface area contributed by atoms with Gasteiger partial charge in [-0.15, -0.1) is 0 Å². The Balaban J connectivity index is 2.37. The highest BCUT2D eigenvalue weighted by Crippen LogP contribution is 2.23. The molecular weight excluding hydrogens is 298 g/mol. The maximum absolute atomic E-state index is 12.2. The number of anilines is 1. The lowest BCUT2D eigenvalue weighted by molar-refractivity contribution is -0.138. The number of aryl methyl sites for hydroxylation is 1. The SMILES string of the molecule is CCOC(=O)/C(=C/c1ccccc1C)Nc1ccccc1Cl. The van der Waals surface area contributed by atoms with Gasteiger partial charge in [-0.05, 0) is 43.2 Å². The fourth-order valence-corrected chi connectivity index (χ4v) is 2.15. The zero-order valence-electron chi connectivity index (χ0n) is 12.6. The molecule has 0 bridgehead atoms. The average Bonchev–Trinajstić information content (AvgIpc) is 2.51. The van der Waals surface area contributed by atoms with E-state index in [0.717, 1.165) is 11.1 Å². The summed E-state index contributed by atoms with van der Waals surface area (Å²) >= 11 is 6.14. The van der Waals surface area contributed by atoms with E-state index in [-0.39, 0.29) is 0 Å². The topological polar surface area (TPSA) is 38.3 Å². The van der Waals surface area contributed by atoms with Gasteiger partial charge in [0.2, 0.25) is 0 Å². The quantitative estimate of drug-likeness (QED) is 0.644. The molecule has 0 heterocycles. The van der Waals surface area contributed by atoms with E-state index in [1.54, 1.807) is 19.1 Å². The van der Waals surface area contributed by atoms with Crippen LogP contribution in [0.2, 0.25) is 5.02 Å². The number of carbonyl (C=O) groups excluding carboxylic acids is 1. The molecule has 0 aliphatic rings. The van der Waals surface area contributed by atoms with Crippen LogP contribution in [0.5, 0.6) is 0 Å². The van der Waals surface area contributed by atoms with Crippen LogP contribution in [0.1, 0.15) is 18.1 Å². The molecule has 0 atom stereocenters. The normalized spacial score (nSPS) is 11.1. The lowest BCUT2D eigenvalue weighted by Gasteiger charge is -2.12. The summed E-state index contributed by atoms with van der Waals surface area (Å²) in [5.41, 5.74) is 3.04. The Labute approximate surface area is 135 Å². The minimum atomic E-state index is -0.411. The van der Waals surface area contributed by atoms with Gasteiger partial charge >= 0.3 is 5.97 Å².